The summed E-state index contributed by atoms with van der Waals surface area (Å²) in [5, 5.41) is 0. The molecule has 2 rings (SSSR count). The van der Waals surface area contributed by atoms with E-state index in [9.17, 15) is 0 Å². The number of hydrogen-bond acceptors (Lipinski definition) is 4. The van der Waals surface area contributed by atoms with Crippen LogP contribution in [0.2, 0.25) is 0 Å². The van der Waals surface area contributed by atoms with Gasteiger partial charge in [0.25, 0.3) is 0 Å². The van der Waals surface area contributed by atoms with Gasteiger partial charge in [0.05, 0.1) is 0 Å². The lowest BCUT2D eigenvalue weighted by Gasteiger charge is -2.10. The second-order valence-corrected chi connectivity index (χ2v) is 4.44. The molecule has 0 saturated carbocycles. The van der Waals surface area contributed by atoms with E-state index in [1.54, 1.807) is 6.07 Å². The zero-order valence-electron chi connectivity index (χ0n) is 11.1. The first-order valence-electron chi connectivity index (χ1n) is 6.04. The summed E-state index contributed by atoms with van der Waals surface area (Å²) in [4.78, 5) is 0. The molecular weight excluding hydrogens is 240 g/mol. The van der Waals surface area contributed by atoms with E-state index in [-0.39, 0.29) is 6.79 Å². The molecule has 0 spiro atoms. The van der Waals surface area contributed by atoms with Crippen molar-refractivity contribution in [2.24, 2.45) is 0 Å². The van der Waals surface area contributed by atoms with Gasteiger partial charge in [-0.25, -0.2) is 0 Å². The van der Waals surface area contributed by atoms with Gasteiger partial charge in [-0.05, 0) is 49.2 Å². The molecule has 0 unspecified atom stereocenters. The molecule has 0 saturated heterocycles. The summed E-state index contributed by atoms with van der Waals surface area (Å²) in [6.07, 6.45) is 0. The normalized spacial score (nSPS) is 10.2. The van der Waals surface area contributed by atoms with Crippen LogP contribution in [0.25, 0.3) is 0 Å². The summed E-state index contributed by atoms with van der Waals surface area (Å²) < 4.78 is 11.0. The van der Waals surface area contributed by atoms with Crippen LogP contribution in [-0.4, -0.2) is 6.79 Å². The van der Waals surface area contributed by atoms with Gasteiger partial charge in [-0.15, -0.1) is 0 Å². The Morgan fingerprint density at radius 1 is 0.789 bits per heavy atom. The van der Waals surface area contributed by atoms with Crippen LogP contribution in [0.1, 0.15) is 11.1 Å². The first-order chi connectivity index (χ1) is 9.06. The first-order valence-corrected chi connectivity index (χ1v) is 6.04. The maximum atomic E-state index is 5.81. The SMILES string of the molecule is Cc1cc(OCOc2ccc(C)c(N)c2)ccc1N. The molecular formula is C15H18N2O2. The molecule has 0 bridgehead atoms. The van der Waals surface area contributed by atoms with Crippen molar-refractivity contribution in [3.05, 3.63) is 47.5 Å². The van der Waals surface area contributed by atoms with E-state index in [2.05, 4.69) is 0 Å². The second kappa shape index (κ2) is 5.52. The van der Waals surface area contributed by atoms with Crippen LogP contribution >= 0.6 is 0 Å². The Labute approximate surface area is 112 Å². The van der Waals surface area contributed by atoms with Crippen LogP contribution in [0.3, 0.4) is 0 Å². The highest BCUT2D eigenvalue weighted by Gasteiger charge is 2.00. The van der Waals surface area contributed by atoms with E-state index in [0.29, 0.717) is 11.4 Å². The lowest BCUT2D eigenvalue weighted by molar-refractivity contribution is 0.120. The molecule has 2 aromatic rings. The van der Waals surface area contributed by atoms with Crippen LogP contribution in [0.4, 0.5) is 11.4 Å². The number of anilines is 2. The van der Waals surface area contributed by atoms with Crippen molar-refractivity contribution in [1.82, 2.24) is 0 Å². The molecule has 0 radical (unpaired) electrons. The number of hydrogen-bond donors (Lipinski definition) is 2. The number of nitrogens with two attached hydrogens (primary N) is 2. The minimum atomic E-state index is 0.131. The molecule has 4 heteroatoms. The van der Waals surface area contributed by atoms with Gasteiger partial charge in [0.15, 0.2) is 0 Å². The van der Waals surface area contributed by atoms with Gasteiger partial charge in [-0.3, -0.25) is 0 Å². The number of aryl methyl sites for hydroxylation is 2. The zero-order valence-corrected chi connectivity index (χ0v) is 11.1. The van der Waals surface area contributed by atoms with E-state index in [1.165, 1.54) is 0 Å². The first kappa shape index (κ1) is 13.1. The highest BCUT2D eigenvalue weighted by atomic mass is 16.7. The smallest absolute Gasteiger partial charge is 0.230 e. The fourth-order valence-electron chi connectivity index (χ4n) is 1.61. The topological polar surface area (TPSA) is 70.5 Å². The van der Waals surface area contributed by atoms with Crippen molar-refractivity contribution >= 4 is 11.4 Å². The average Bonchev–Trinajstić information content (AvgIpc) is 2.38. The molecule has 0 fully saturated rings. The number of nitrogen functional groups attached to an aromatic ring is 2. The van der Waals surface area contributed by atoms with Crippen LogP contribution in [0.5, 0.6) is 11.5 Å². The summed E-state index contributed by atoms with van der Waals surface area (Å²) in [5.74, 6) is 1.42. The minimum Gasteiger partial charge on any atom is -0.457 e. The highest BCUT2D eigenvalue weighted by molar-refractivity contribution is 5.51. The molecule has 0 amide bonds. The fraction of sp³-hybridized carbons (Fsp3) is 0.200. The summed E-state index contributed by atoms with van der Waals surface area (Å²) >= 11 is 0. The van der Waals surface area contributed by atoms with E-state index in [1.807, 2.05) is 44.2 Å². The third-order valence-electron chi connectivity index (χ3n) is 2.94. The van der Waals surface area contributed by atoms with Gasteiger partial charge in [-0.1, -0.05) is 6.07 Å². The van der Waals surface area contributed by atoms with Crippen molar-refractivity contribution in [2.75, 3.05) is 18.3 Å². The van der Waals surface area contributed by atoms with Gasteiger partial charge in [0, 0.05) is 17.4 Å². The zero-order chi connectivity index (χ0) is 13.8. The van der Waals surface area contributed by atoms with Crippen molar-refractivity contribution in [1.29, 1.82) is 0 Å². The van der Waals surface area contributed by atoms with Crippen molar-refractivity contribution < 1.29 is 9.47 Å². The standard InChI is InChI=1S/C15H18N2O2/c1-10-3-4-13(8-15(10)17)19-9-18-12-5-6-14(16)11(2)7-12/h3-8H,9,16-17H2,1-2H3. The molecule has 4 N–H and O–H groups in total. The van der Waals surface area contributed by atoms with Crippen molar-refractivity contribution in [2.45, 2.75) is 13.8 Å². The Balaban J connectivity index is 1.92. The quantitative estimate of drug-likeness (QED) is 0.653. The Kier molecular flexibility index (Phi) is 3.80. The van der Waals surface area contributed by atoms with Gasteiger partial charge in [-0.2, -0.15) is 0 Å². The molecule has 0 aliphatic carbocycles. The maximum absolute atomic E-state index is 5.81. The van der Waals surface area contributed by atoms with E-state index in [0.717, 1.165) is 22.6 Å². The van der Waals surface area contributed by atoms with E-state index >= 15 is 0 Å². The predicted octanol–water partition coefficient (Wildman–Crippen LogP) is 2.88. The fourth-order valence-corrected chi connectivity index (χ4v) is 1.61. The Bertz CT molecular complexity index is 531. The summed E-state index contributed by atoms with van der Waals surface area (Å²) in [6, 6.07) is 11.1. The molecule has 0 aromatic heterocycles. The molecule has 19 heavy (non-hydrogen) atoms. The van der Waals surface area contributed by atoms with Crippen LogP contribution < -0.4 is 20.9 Å². The maximum Gasteiger partial charge on any atom is 0.230 e. The Morgan fingerprint density at radius 2 is 1.42 bits per heavy atom. The molecule has 4 nitrogen and oxygen atoms in total. The Morgan fingerprint density at radius 3 is 2.05 bits per heavy atom. The number of ether oxygens (including phenoxy) is 2. The van der Waals surface area contributed by atoms with E-state index < -0.39 is 0 Å². The van der Waals surface area contributed by atoms with Crippen molar-refractivity contribution in [3.63, 3.8) is 0 Å². The molecule has 0 aliphatic rings. The third-order valence-corrected chi connectivity index (χ3v) is 2.94. The monoisotopic (exact) mass is 258 g/mol. The van der Waals surface area contributed by atoms with Gasteiger partial charge < -0.3 is 20.9 Å². The third kappa shape index (κ3) is 3.31. The van der Waals surface area contributed by atoms with Crippen molar-refractivity contribution in [3.8, 4) is 11.5 Å². The van der Waals surface area contributed by atoms with Gasteiger partial charge in [0.1, 0.15) is 11.5 Å². The van der Waals surface area contributed by atoms with Gasteiger partial charge >= 0.3 is 0 Å². The minimum absolute atomic E-state index is 0.131. The summed E-state index contributed by atoms with van der Waals surface area (Å²) in [6.45, 7) is 4.02. The lowest BCUT2D eigenvalue weighted by Crippen LogP contribution is -2.06. The molecule has 100 valence electrons. The van der Waals surface area contributed by atoms with Crippen LogP contribution in [0.15, 0.2) is 36.4 Å². The lowest BCUT2D eigenvalue weighted by atomic mass is 10.2. The largest absolute Gasteiger partial charge is 0.457 e. The molecule has 0 atom stereocenters. The second-order valence-electron chi connectivity index (χ2n) is 4.44. The Hall–Kier alpha value is -2.36. The van der Waals surface area contributed by atoms with E-state index in [4.69, 9.17) is 20.9 Å². The molecule has 0 heterocycles. The summed E-state index contributed by atoms with van der Waals surface area (Å²) in [5.41, 5.74) is 15.0. The van der Waals surface area contributed by atoms with Gasteiger partial charge in [0.2, 0.25) is 6.79 Å². The molecule has 2 aromatic carbocycles. The predicted molar refractivity (Wildman–Crippen MR) is 77.3 cm³/mol. The highest BCUT2D eigenvalue weighted by Crippen LogP contribution is 2.21. The molecule has 0 aliphatic heterocycles. The summed E-state index contributed by atoms with van der Waals surface area (Å²) in [7, 11) is 0. The number of rotatable bonds is 4. The average molecular weight is 258 g/mol. The van der Waals surface area contributed by atoms with Crippen LogP contribution in [0, 0.1) is 13.8 Å². The van der Waals surface area contributed by atoms with Crippen LogP contribution in [-0.2, 0) is 0 Å². The number of benzene rings is 2.